The molecule has 1 aliphatic carbocycles. The van der Waals surface area contributed by atoms with Crippen molar-refractivity contribution in [2.75, 3.05) is 13.1 Å². The third-order valence-corrected chi connectivity index (χ3v) is 3.42. The number of hydrogen-bond donors (Lipinski definition) is 1. The molecular formula is C13H18ClN. The van der Waals surface area contributed by atoms with E-state index in [-0.39, 0.29) is 0 Å². The van der Waals surface area contributed by atoms with E-state index in [9.17, 15) is 0 Å². The first-order valence-corrected chi connectivity index (χ1v) is 6.11. The monoisotopic (exact) mass is 223 g/mol. The molecule has 0 radical (unpaired) electrons. The van der Waals surface area contributed by atoms with Crippen molar-refractivity contribution >= 4 is 11.6 Å². The summed E-state index contributed by atoms with van der Waals surface area (Å²) in [5.41, 5.74) is 1.79. The van der Waals surface area contributed by atoms with Gasteiger partial charge in [-0.1, -0.05) is 30.7 Å². The molecule has 0 unspecified atom stereocenters. The fourth-order valence-electron chi connectivity index (χ4n) is 2.04. The van der Waals surface area contributed by atoms with Gasteiger partial charge in [-0.2, -0.15) is 0 Å². The van der Waals surface area contributed by atoms with Crippen molar-refractivity contribution in [1.29, 1.82) is 0 Å². The quantitative estimate of drug-likeness (QED) is 0.755. The van der Waals surface area contributed by atoms with Crippen LogP contribution in [0.1, 0.15) is 31.7 Å². The zero-order valence-corrected chi connectivity index (χ0v) is 9.98. The van der Waals surface area contributed by atoms with Gasteiger partial charge in [0.15, 0.2) is 0 Å². The molecule has 0 heterocycles. The van der Waals surface area contributed by atoms with Crippen LogP contribution in [0, 0.1) is 0 Å². The summed E-state index contributed by atoms with van der Waals surface area (Å²) in [6.45, 7) is 4.41. The second-order valence-electron chi connectivity index (χ2n) is 4.47. The van der Waals surface area contributed by atoms with Crippen LogP contribution in [-0.2, 0) is 5.41 Å². The first-order valence-electron chi connectivity index (χ1n) is 5.74. The normalized spacial score (nSPS) is 17.7. The molecule has 0 aliphatic heterocycles. The number of rotatable bonds is 5. The first-order chi connectivity index (χ1) is 7.27. The summed E-state index contributed by atoms with van der Waals surface area (Å²) in [5.74, 6) is 0. The van der Waals surface area contributed by atoms with Crippen LogP contribution in [0.4, 0.5) is 0 Å². The predicted octanol–water partition coefficient (Wildman–Crippen LogP) is 3.37. The van der Waals surface area contributed by atoms with Crippen LogP contribution in [0.3, 0.4) is 0 Å². The molecule has 82 valence electrons. The molecule has 1 N–H and O–H groups in total. The van der Waals surface area contributed by atoms with Gasteiger partial charge in [0.2, 0.25) is 0 Å². The Morgan fingerprint density at radius 1 is 1.40 bits per heavy atom. The third-order valence-electron chi connectivity index (χ3n) is 3.18. The molecule has 0 spiro atoms. The van der Waals surface area contributed by atoms with Gasteiger partial charge in [-0.25, -0.2) is 0 Å². The fourth-order valence-corrected chi connectivity index (χ4v) is 2.23. The maximum absolute atomic E-state index is 6.02. The van der Waals surface area contributed by atoms with E-state index < -0.39 is 0 Å². The van der Waals surface area contributed by atoms with Crippen LogP contribution in [0.25, 0.3) is 0 Å². The molecule has 0 amide bonds. The molecule has 1 aromatic rings. The lowest BCUT2D eigenvalue weighted by Crippen LogP contribution is -2.27. The lowest BCUT2D eigenvalue weighted by molar-refractivity contribution is 0.571. The topological polar surface area (TPSA) is 12.0 Å². The van der Waals surface area contributed by atoms with Crippen LogP contribution in [0.15, 0.2) is 24.3 Å². The molecule has 1 nitrogen and oxygen atoms in total. The van der Waals surface area contributed by atoms with Gasteiger partial charge in [0.25, 0.3) is 0 Å². The van der Waals surface area contributed by atoms with Crippen molar-refractivity contribution in [2.45, 2.75) is 31.6 Å². The number of halogens is 1. The molecular weight excluding hydrogens is 206 g/mol. The summed E-state index contributed by atoms with van der Waals surface area (Å²) in [4.78, 5) is 0. The van der Waals surface area contributed by atoms with Crippen LogP contribution in [0.5, 0.6) is 0 Å². The van der Waals surface area contributed by atoms with E-state index in [1.165, 1.54) is 24.8 Å². The van der Waals surface area contributed by atoms with Crippen molar-refractivity contribution in [3.8, 4) is 0 Å². The molecule has 0 saturated heterocycles. The summed E-state index contributed by atoms with van der Waals surface area (Å²) in [6, 6.07) is 8.31. The Morgan fingerprint density at radius 3 is 2.80 bits per heavy atom. The molecule has 0 atom stereocenters. The first kappa shape index (κ1) is 11.0. The molecule has 2 heteroatoms. The zero-order valence-electron chi connectivity index (χ0n) is 9.22. The molecule has 1 saturated carbocycles. The smallest absolute Gasteiger partial charge is 0.0408 e. The van der Waals surface area contributed by atoms with E-state index >= 15 is 0 Å². The van der Waals surface area contributed by atoms with Gasteiger partial charge in [0.1, 0.15) is 0 Å². The Labute approximate surface area is 96.8 Å². The van der Waals surface area contributed by atoms with Crippen LogP contribution in [0.2, 0.25) is 5.02 Å². The summed E-state index contributed by atoms with van der Waals surface area (Å²) in [7, 11) is 0. The van der Waals surface area contributed by atoms with E-state index in [1.54, 1.807) is 0 Å². The Morgan fingerprint density at radius 2 is 2.20 bits per heavy atom. The van der Waals surface area contributed by atoms with Crippen molar-refractivity contribution in [2.24, 2.45) is 0 Å². The second kappa shape index (κ2) is 4.54. The summed E-state index contributed by atoms with van der Waals surface area (Å²) in [5, 5.41) is 4.37. The summed E-state index contributed by atoms with van der Waals surface area (Å²) >= 11 is 6.02. The second-order valence-corrected chi connectivity index (χ2v) is 4.90. The van der Waals surface area contributed by atoms with E-state index in [2.05, 4.69) is 30.4 Å². The average Bonchev–Trinajstić information content (AvgIpc) is 3.00. The van der Waals surface area contributed by atoms with Crippen LogP contribution < -0.4 is 5.32 Å². The summed E-state index contributed by atoms with van der Waals surface area (Å²) < 4.78 is 0. The van der Waals surface area contributed by atoms with Gasteiger partial charge in [-0.15, -0.1) is 0 Å². The van der Waals surface area contributed by atoms with E-state index in [4.69, 9.17) is 11.6 Å². The van der Waals surface area contributed by atoms with Gasteiger partial charge in [0, 0.05) is 17.0 Å². The maximum atomic E-state index is 6.02. The van der Waals surface area contributed by atoms with Crippen molar-refractivity contribution in [3.63, 3.8) is 0 Å². The summed E-state index contributed by atoms with van der Waals surface area (Å²) in [6.07, 6.45) is 3.79. The fraction of sp³-hybridized carbons (Fsp3) is 0.538. The van der Waals surface area contributed by atoms with Crippen molar-refractivity contribution < 1.29 is 0 Å². The number of hydrogen-bond acceptors (Lipinski definition) is 1. The van der Waals surface area contributed by atoms with Crippen molar-refractivity contribution in [3.05, 3.63) is 34.9 Å². The Hall–Kier alpha value is -0.530. The lowest BCUT2D eigenvalue weighted by Gasteiger charge is -2.16. The van der Waals surface area contributed by atoms with E-state index in [1.807, 2.05) is 6.07 Å². The third kappa shape index (κ3) is 2.53. The molecule has 1 fully saturated rings. The minimum atomic E-state index is 0.389. The maximum Gasteiger partial charge on any atom is 0.0408 e. The molecule has 15 heavy (non-hydrogen) atoms. The Kier molecular flexibility index (Phi) is 3.32. The standard InChI is InChI=1S/C13H18ClN/c1-2-8-15-10-13(6-7-13)11-4-3-5-12(14)9-11/h3-5,9,15H,2,6-8,10H2,1H3. The molecule has 1 aromatic carbocycles. The van der Waals surface area contributed by atoms with Gasteiger partial charge in [0.05, 0.1) is 0 Å². The predicted molar refractivity (Wildman–Crippen MR) is 65.5 cm³/mol. The molecule has 2 rings (SSSR count). The molecule has 0 aromatic heterocycles. The Balaban J connectivity index is 2.02. The highest BCUT2D eigenvalue weighted by atomic mass is 35.5. The zero-order chi connectivity index (χ0) is 10.7. The average molecular weight is 224 g/mol. The van der Waals surface area contributed by atoms with Gasteiger partial charge in [-0.3, -0.25) is 0 Å². The number of benzene rings is 1. The van der Waals surface area contributed by atoms with Gasteiger partial charge in [-0.05, 0) is 43.5 Å². The SMILES string of the molecule is CCCNCC1(c2cccc(Cl)c2)CC1. The van der Waals surface area contributed by atoms with Crippen LogP contribution in [-0.4, -0.2) is 13.1 Å². The minimum Gasteiger partial charge on any atom is -0.316 e. The van der Waals surface area contributed by atoms with E-state index in [0.717, 1.165) is 18.1 Å². The van der Waals surface area contributed by atoms with Gasteiger partial charge < -0.3 is 5.32 Å². The minimum absolute atomic E-state index is 0.389. The molecule has 1 aliphatic rings. The molecule has 0 bridgehead atoms. The van der Waals surface area contributed by atoms with Crippen molar-refractivity contribution in [1.82, 2.24) is 5.32 Å². The highest BCUT2D eigenvalue weighted by molar-refractivity contribution is 6.30. The Bertz CT molecular complexity index is 331. The lowest BCUT2D eigenvalue weighted by atomic mass is 9.96. The largest absolute Gasteiger partial charge is 0.316 e. The number of nitrogens with one attached hydrogen (secondary N) is 1. The van der Waals surface area contributed by atoms with Crippen LogP contribution >= 0.6 is 11.6 Å². The van der Waals surface area contributed by atoms with E-state index in [0.29, 0.717) is 5.41 Å². The highest BCUT2D eigenvalue weighted by Crippen LogP contribution is 2.48. The van der Waals surface area contributed by atoms with Gasteiger partial charge >= 0.3 is 0 Å². The highest BCUT2D eigenvalue weighted by Gasteiger charge is 2.43.